The lowest BCUT2D eigenvalue weighted by molar-refractivity contribution is 0.439. The smallest absolute Gasteiger partial charge is 0.0209 e. The molecule has 0 amide bonds. The van der Waals surface area contributed by atoms with E-state index in [1.54, 1.807) is 0 Å². The predicted octanol–water partition coefficient (Wildman–Crippen LogP) is 4.56. The Morgan fingerprint density at radius 3 is 1.52 bits per heavy atom. The molecule has 2 saturated carbocycles. The first kappa shape index (κ1) is 13.6. The molecule has 0 spiro atoms. The second kappa shape index (κ2) is 5.00. The first-order valence-corrected chi connectivity index (χ1v) is 7.48. The summed E-state index contributed by atoms with van der Waals surface area (Å²) in [5.41, 5.74) is 0.00616. The van der Waals surface area contributed by atoms with Crippen LogP contribution in [0, 0.1) is 66.6 Å². The molecule has 21 heavy (non-hydrogen) atoms. The lowest BCUT2D eigenvalue weighted by Gasteiger charge is -2.41. The van der Waals surface area contributed by atoms with Crippen molar-refractivity contribution in [3.63, 3.8) is 0 Å². The van der Waals surface area contributed by atoms with Crippen molar-refractivity contribution in [2.45, 2.75) is 13.8 Å². The van der Waals surface area contributed by atoms with E-state index in [4.69, 9.17) is 0 Å². The summed E-state index contributed by atoms with van der Waals surface area (Å²) in [7, 11) is 0. The Morgan fingerprint density at radius 2 is 1.05 bits per heavy atom. The minimum absolute atomic E-state index is 0.00616. The average molecular weight is 270 g/mol. The average Bonchev–Trinajstić information content (AvgIpc) is 3.14. The number of allylic oxidation sites excluding steroid dienone is 8. The maximum Gasteiger partial charge on any atom is 0.0209 e. The van der Waals surface area contributed by atoms with E-state index in [0.717, 1.165) is 0 Å². The fourth-order valence-electron chi connectivity index (χ4n) is 3.63. The molecule has 0 bridgehead atoms. The first-order chi connectivity index (χ1) is 10.2. The molecule has 0 saturated heterocycles. The third kappa shape index (κ3) is 2.02. The lowest BCUT2D eigenvalue weighted by Crippen LogP contribution is -2.33. The van der Waals surface area contributed by atoms with Crippen molar-refractivity contribution >= 4 is 0 Å². The molecule has 0 nitrogen and oxygen atoms in total. The van der Waals surface area contributed by atoms with Crippen LogP contribution in [-0.4, -0.2) is 0 Å². The summed E-state index contributed by atoms with van der Waals surface area (Å²) in [5.74, 6) is 8.31. The summed E-state index contributed by atoms with van der Waals surface area (Å²) in [6.07, 6.45) is 26.3. The summed E-state index contributed by atoms with van der Waals surface area (Å²) >= 11 is 0. The number of rotatable bonds is 2. The summed E-state index contributed by atoms with van der Waals surface area (Å²) in [4.78, 5) is 0. The Labute approximate surface area is 129 Å². The van der Waals surface area contributed by atoms with Gasteiger partial charge in [0.05, 0.1) is 0 Å². The van der Waals surface area contributed by atoms with Gasteiger partial charge in [-0.15, -0.1) is 0 Å². The van der Waals surface area contributed by atoms with Crippen LogP contribution in [0.25, 0.3) is 0 Å². The molecule has 0 N–H and O–H groups in total. The summed E-state index contributed by atoms with van der Waals surface area (Å²) in [5, 5.41) is 0. The first-order valence-electron chi connectivity index (χ1n) is 7.48. The van der Waals surface area contributed by atoms with E-state index >= 15 is 0 Å². The van der Waals surface area contributed by atoms with E-state index in [1.807, 2.05) is 0 Å². The van der Waals surface area contributed by atoms with Crippen LogP contribution in [0.5, 0.6) is 0 Å². The molecule has 0 heterocycles. The van der Waals surface area contributed by atoms with E-state index in [-0.39, 0.29) is 5.41 Å². The highest BCUT2D eigenvalue weighted by Crippen LogP contribution is 2.65. The zero-order valence-corrected chi connectivity index (χ0v) is 12.4. The van der Waals surface area contributed by atoms with Crippen molar-refractivity contribution in [1.29, 1.82) is 0 Å². The van der Waals surface area contributed by atoms with Crippen LogP contribution in [0.1, 0.15) is 13.8 Å². The van der Waals surface area contributed by atoms with Gasteiger partial charge in [0.2, 0.25) is 0 Å². The van der Waals surface area contributed by atoms with E-state index in [2.05, 4.69) is 88.1 Å². The van der Waals surface area contributed by atoms with Gasteiger partial charge < -0.3 is 0 Å². The number of hydrogen-bond donors (Lipinski definition) is 0. The molecule has 4 rings (SSSR count). The Balaban J connectivity index is 1.72. The van der Waals surface area contributed by atoms with Crippen LogP contribution in [0.2, 0.25) is 0 Å². The molecule has 4 aliphatic rings. The largest absolute Gasteiger partial charge is 0.0758 e. The summed E-state index contributed by atoms with van der Waals surface area (Å²) in [6, 6.07) is 0. The van der Waals surface area contributed by atoms with Gasteiger partial charge >= 0.3 is 0 Å². The van der Waals surface area contributed by atoms with Crippen molar-refractivity contribution in [3.8, 4) is 0 Å². The Bertz CT molecular complexity index is 476. The molecular formula is C21H18. The van der Waals surface area contributed by atoms with Crippen LogP contribution in [-0.2, 0) is 0 Å². The molecule has 0 atom stereocenters. The quantitative estimate of drug-likeness (QED) is 0.690. The molecule has 0 aromatic carbocycles. The Hall–Kier alpha value is -1.04. The molecule has 10 radical (unpaired) electrons. The van der Waals surface area contributed by atoms with Gasteiger partial charge in [0.1, 0.15) is 0 Å². The molecule has 0 unspecified atom stereocenters. The predicted molar refractivity (Wildman–Crippen MR) is 87.0 cm³/mol. The topological polar surface area (TPSA) is 0 Å². The fraction of sp³-hybridized carbons (Fsp3) is 0.143. The van der Waals surface area contributed by atoms with Gasteiger partial charge in [-0.2, -0.15) is 0 Å². The molecular weight excluding hydrogens is 252 g/mol. The van der Waals surface area contributed by atoms with E-state index < -0.39 is 0 Å². The van der Waals surface area contributed by atoms with E-state index in [0.29, 0.717) is 0 Å². The molecule has 4 aliphatic carbocycles. The Morgan fingerprint density at radius 1 is 0.619 bits per heavy atom. The van der Waals surface area contributed by atoms with Gasteiger partial charge in [-0.3, -0.25) is 0 Å². The van der Waals surface area contributed by atoms with Crippen LogP contribution < -0.4 is 0 Å². The second-order valence-corrected chi connectivity index (χ2v) is 6.26. The van der Waals surface area contributed by atoms with Crippen molar-refractivity contribution in [3.05, 3.63) is 110 Å². The van der Waals surface area contributed by atoms with Crippen LogP contribution >= 0.6 is 0 Å². The van der Waals surface area contributed by atoms with Gasteiger partial charge in [0, 0.05) is 29.6 Å². The van der Waals surface area contributed by atoms with Crippen molar-refractivity contribution in [1.82, 2.24) is 0 Å². The zero-order valence-electron chi connectivity index (χ0n) is 12.4. The van der Waals surface area contributed by atoms with E-state index in [9.17, 15) is 0 Å². The number of hydrogen-bond acceptors (Lipinski definition) is 0. The van der Waals surface area contributed by atoms with E-state index in [1.165, 1.54) is 35.5 Å². The summed E-state index contributed by atoms with van der Waals surface area (Å²) < 4.78 is 0. The highest BCUT2D eigenvalue weighted by molar-refractivity contribution is 5.78. The molecule has 102 valence electrons. The minimum Gasteiger partial charge on any atom is -0.0758 e. The maximum atomic E-state index is 2.33. The molecule has 0 heteroatoms. The van der Waals surface area contributed by atoms with Crippen LogP contribution in [0.15, 0.2) is 48.6 Å². The van der Waals surface area contributed by atoms with Crippen molar-refractivity contribution in [2.24, 2.45) is 5.41 Å². The third-order valence-corrected chi connectivity index (χ3v) is 4.69. The second-order valence-electron chi connectivity index (χ2n) is 6.26. The summed E-state index contributed by atoms with van der Waals surface area (Å²) in [6.45, 7) is 4.66. The normalized spacial score (nSPS) is 28.7. The SMILES string of the molecule is CC(C)([C]1[CH][CH][CH][CH]1)[C]1[C]2C=CC=C[C]2[C]2C=CC=C[C]21. The third-order valence-electron chi connectivity index (χ3n) is 4.69. The monoisotopic (exact) mass is 270 g/mol. The molecule has 2 fully saturated rings. The standard InChI is InChI=1S/C21H18/c1-21(2,15-9-3-4-10-15)20-18-13-7-5-11-16(18)17-12-6-8-14-19(17)20/h3-14H,1-2H3. The van der Waals surface area contributed by atoms with Gasteiger partial charge in [-0.25, -0.2) is 0 Å². The van der Waals surface area contributed by atoms with Crippen LogP contribution in [0.3, 0.4) is 0 Å². The van der Waals surface area contributed by atoms with Gasteiger partial charge in [0.25, 0.3) is 0 Å². The Kier molecular flexibility index (Phi) is 3.24. The van der Waals surface area contributed by atoms with Gasteiger partial charge in [-0.1, -0.05) is 62.5 Å². The van der Waals surface area contributed by atoms with Crippen molar-refractivity contribution in [2.75, 3.05) is 0 Å². The highest BCUT2D eigenvalue weighted by Gasteiger charge is 2.56. The molecule has 0 aromatic heterocycles. The van der Waals surface area contributed by atoms with Gasteiger partial charge in [-0.05, 0) is 37.0 Å². The molecule has 0 aliphatic heterocycles. The highest BCUT2D eigenvalue weighted by atomic mass is 14.6. The van der Waals surface area contributed by atoms with Crippen molar-refractivity contribution < 1.29 is 0 Å². The van der Waals surface area contributed by atoms with Crippen LogP contribution in [0.4, 0.5) is 0 Å². The number of fused-ring (bicyclic) bond motifs is 3. The van der Waals surface area contributed by atoms with Gasteiger partial charge in [0.15, 0.2) is 0 Å². The lowest BCUT2D eigenvalue weighted by atomic mass is 9.61. The fourth-order valence-corrected chi connectivity index (χ4v) is 3.63. The minimum atomic E-state index is 0.00616. The molecule has 0 aromatic rings. The zero-order chi connectivity index (χ0) is 14.4. The maximum absolute atomic E-state index is 2.33.